The fourth-order valence-electron chi connectivity index (χ4n) is 12.3. The Labute approximate surface area is 279 Å². The van der Waals surface area contributed by atoms with Crippen LogP contribution in [0.15, 0.2) is 11.6 Å². The lowest BCUT2D eigenvalue weighted by Crippen LogP contribution is -2.67. The monoisotopic (exact) mass is 662 g/mol. The van der Waals surface area contributed by atoms with Crippen LogP contribution in [-0.2, 0) is 23.8 Å². The summed E-state index contributed by atoms with van der Waals surface area (Å²) in [7, 11) is 1.16. The second-order valence-corrected chi connectivity index (χ2v) is 17.9. The minimum Gasteiger partial charge on any atom is -0.481 e. The van der Waals surface area contributed by atoms with E-state index in [1.54, 1.807) is 0 Å². The van der Waals surface area contributed by atoms with Crippen LogP contribution in [0, 0.1) is 50.2 Å². The van der Waals surface area contributed by atoms with Gasteiger partial charge in [-0.3, -0.25) is 4.79 Å². The zero-order valence-corrected chi connectivity index (χ0v) is 29.3. The van der Waals surface area contributed by atoms with Crippen LogP contribution in [0.2, 0.25) is 0 Å². The van der Waals surface area contributed by atoms with Crippen LogP contribution in [0.3, 0.4) is 0 Å². The first-order valence-corrected chi connectivity index (χ1v) is 17.8. The number of carbonyl (C=O) groups excluding carboxylic acids is 1. The van der Waals surface area contributed by atoms with Crippen molar-refractivity contribution in [3.05, 3.63) is 11.6 Å². The van der Waals surface area contributed by atoms with E-state index in [1.807, 2.05) is 6.92 Å². The highest BCUT2D eigenvalue weighted by Crippen LogP contribution is 2.76. The standard InChI is InChI=1S/C37H58O10/c1-32(2)14-16-37(31(43)44)17-15-35(5)20(21(37)18-32)8-9-23-33(3)12-11-24(34(4,19-38)22(33)10-13-36(23,35)6)46-30-27(41)25(39)26(40)28(47-30)29(42)45-7/h8,21-28,30,38-41H,9-19H2,1-7H3,(H,43,44). The molecule has 0 aromatic heterocycles. The molecule has 0 bridgehead atoms. The normalized spacial score (nSPS) is 52.1. The van der Waals surface area contributed by atoms with Crippen molar-refractivity contribution in [2.45, 2.75) is 143 Å². The number of allylic oxidation sites excluding steroid dienone is 2. The van der Waals surface area contributed by atoms with Crippen LogP contribution < -0.4 is 0 Å². The van der Waals surface area contributed by atoms with Crippen molar-refractivity contribution in [3.8, 4) is 0 Å². The number of hydrogen-bond donors (Lipinski definition) is 5. The molecule has 5 fully saturated rings. The Bertz CT molecular complexity index is 1300. The van der Waals surface area contributed by atoms with Gasteiger partial charge in [-0.15, -0.1) is 0 Å². The molecule has 1 heterocycles. The van der Waals surface area contributed by atoms with Gasteiger partial charge in [-0.2, -0.15) is 0 Å². The van der Waals surface area contributed by atoms with Gasteiger partial charge in [0.1, 0.15) is 18.3 Å². The molecule has 1 aliphatic heterocycles. The molecule has 5 N–H and O–H groups in total. The van der Waals surface area contributed by atoms with Gasteiger partial charge in [0.2, 0.25) is 0 Å². The number of carboxylic acid groups (broad SMARTS) is 1. The summed E-state index contributed by atoms with van der Waals surface area (Å²) in [6, 6.07) is 0. The summed E-state index contributed by atoms with van der Waals surface area (Å²) < 4.78 is 16.8. The number of aliphatic hydroxyl groups is 4. The van der Waals surface area contributed by atoms with Gasteiger partial charge in [0.05, 0.1) is 25.2 Å². The molecule has 0 spiro atoms. The summed E-state index contributed by atoms with van der Waals surface area (Å²) in [6.45, 7) is 13.7. The molecule has 14 atom stereocenters. The molecule has 6 rings (SSSR count). The summed E-state index contributed by atoms with van der Waals surface area (Å²) in [4.78, 5) is 25.3. The molecule has 0 aromatic carbocycles. The fraction of sp³-hybridized carbons (Fsp3) is 0.892. The Morgan fingerprint density at radius 2 is 1.57 bits per heavy atom. The molecule has 1 saturated heterocycles. The first-order valence-electron chi connectivity index (χ1n) is 17.8. The van der Waals surface area contributed by atoms with Crippen LogP contribution in [0.4, 0.5) is 0 Å². The van der Waals surface area contributed by atoms with Gasteiger partial charge in [-0.05, 0) is 104 Å². The van der Waals surface area contributed by atoms with Crippen LogP contribution in [0.1, 0.15) is 106 Å². The van der Waals surface area contributed by atoms with E-state index in [0.29, 0.717) is 18.8 Å². The van der Waals surface area contributed by atoms with Crippen LogP contribution in [-0.4, -0.2) is 88.0 Å². The van der Waals surface area contributed by atoms with Crippen molar-refractivity contribution in [3.63, 3.8) is 0 Å². The van der Waals surface area contributed by atoms with Crippen molar-refractivity contribution in [1.82, 2.24) is 0 Å². The van der Waals surface area contributed by atoms with E-state index in [9.17, 15) is 35.1 Å². The third kappa shape index (κ3) is 4.85. The van der Waals surface area contributed by atoms with Gasteiger partial charge in [-0.1, -0.05) is 53.2 Å². The number of esters is 1. The van der Waals surface area contributed by atoms with E-state index in [0.717, 1.165) is 58.5 Å². The zero-order valence-electron chi connectivity index (χ0n) is 29.3. The molecule has 6 aliphatic rings. The van der Waals surface area contributed by atoms with Crippen molar-refractivity contribution in [2.24, 2.45) is 50.2 Å². The lowest BCUT2D eigenvalue weighted by Gasteiger charge is -2.71. The molecule has 0 radical (unpaired) electrons. The lowest BCUT2D eigenvalue weighted by atomic mass is 9.33. The Balaban J connectivity index is 1.30. The molecule has 14 unspecified atom stereocenters. The predicted molar refractivity (Wildman–Crippen MR) is 172 cm³/mol. The lowest BCUT2D eigenvalue weighted by molar-refractivity contribution is -0.327. The van der Waals surface area contributed by atoms with Gasteiger partial charge in [0.25, 0.3) is 0 Å². The molecule has 10 nitrogen and oxygen atoms in total. The molecule has 4 saturated carbocycles. The summed E-state index contributed by atoms with van der Waals surface area (Å²) in [5.74, 6) is -1.06. The Morgan fingerprint density at radius 1 is 0.894 bits per heavy atom. The maximum atomic E-state index is 13.0. The molecule has 5 aliphatic carbocycles. The Kier molecular flexibility index (Phi) is 8.62. The summed E-state index contributed by atoms with van der Waals surface area (Å²) >= 11 is 0. The molecule has 10 heteroatoms. The number of carboxylic acids is 1. The van der Waals surface area contributed by atoms with E-state index >= 15 is 0 Å². The van der Waals surface area contributed by atoms with Crippen LogP contribution >= 0.6 is 0 Å². The average molecular weight is 663 g/mol. The van der Waals surface area contributed by atoms with Crippen molar-refractivity contribution >= 4 is 11.9 Å². The van der Waals surface area contributed by atoms with Gasteiger partial charge in [0.15, 0.2) is 12.4 Å². The number of fused-ring (bicyclic) bond motifs is 7. The minimum atomic E-state index is -1.67. The predicted octanol–water partition coefficient (Wildman–Crippen LogP) is 4.21. The van der Waals surface area contributed by atoms with E-state index in [-0.39, 0.29) is 40.1 Å². The maximum absolute atomic E-state index is 13.0. The van der Waals surface area contributed by atoms with Gasteiger partial charge in [-0.25, -0.2) is 4.79 Å². The first kappa shape index (κ1) is 35.3. The highest BCUT2D eigenvalue weighted by molar-refractivity contribution is 5.77. The molecular formula is C37H58O10. The smallest absolute Gasteiger partial charge is 0.337 e. The third-order valence-electron chi connectivity index (χ3n) is 15.4. The molecule has 0 aromatic rings. The van der Waals surface area contributed by atoms with Gasteiger partial charge in [0, 0.05) is 5.41 Å². The second-order valence-electron chi connectivity index (χ2n) is 17.9. The van der Waals surface area contributed by atoms with Gasteiger partial charge < -0.3 is 39.7 Å². The number of methoxy groups -OCH3 is 1. The number of aliphatic hydroxyl groups excluding tert-OH is 4. The number of rotatable bonds is 5. The average Bonchev–Trinajstić information content (AvgIpc) is 3.02. The van der Waals surface area contributed by atoms with Crippen molar-refractivity contribution in [1.29, 1.82) is 0 Å². The SMILES string of the molecule is COC(=O)C1OC(OC2CCC3(C)C(CCC4(C)C3CC=C3C5CC(C)(C)CCC5(C(=O)O)CCC34C)C2(C)CO)C(O)C(O)C1O. The maximum Gasteiger partial charge on any atom is 0.337 e. The minimum absolute atomic E-state index is 0.0438. The van der Waals surface area contributed by atoms with E-state index in [4.69, 9.17) is 14.2 Å². The topological polar surface area (TPSA) is 163 Å². The van der Waals surface area contributed by atoms with Gasteiger partial charge >= 0.3 is 11.9 Å². The molecule has 0 amide bonds. The molecule has 266 valence electrons. The Hall–Kier alpha value is -1.56. The summed E-state index contributed by atoms with van der Waals surface area (Å²) in [5, 5.41) is 53.5. The molecular weight excluding hydrogens is 604 g/mol. The van der Waals surface area contributed by atoms with Crippen LogP contribution in [0.5, 0.6) is 0 Å². The van der Waals surface area contributed by atoms with Crippen LogP contribution in [0.25, 0.3) is 0 Å². The first-order chi connectivity index (χ1) is 21.8. The number of carbonyl (C=O) groups is 2. The fourth-order valence-corrected chi connectivity index (χ4v) is 12.3. The van der Waals surface area contributed by atoms with Crippen molar-refractivity contribution < 1.29 is 49.3 Å². The van der Waals surface area contributed by atoms with E-state index < -0.39 is 59.6 Å². The van der Waals surface area contributed by atoms with E-state index in [1.165, 1.54) is 5.57 Å². The summed E-state index contributed by atoms with van der Waals surface area (Å²) in [5.41, 5.74) is -0.212. The highest BCUT2D eigenvalue weighted by Gasteiger charge is 2.70. The number of ether oxygens (including phenoxy) is 3. The number of aliphatic carboxylic acids is 1. The largest absolute Gasteiger partial charge is 0.481 e. The van der Waals surface area contributed by atoms with Crippen molar-refractivity contribution in [2.75, 3.05) is 13.7 Å². The summed E-state index contributed by atoms with van der Waals surface area (Å²) in [6.07, 6.45) is 2.32. The third-order valence-corrected chi connectivity index (χ3v) is 15.4. The Morgan fingerprint density at radius 3 is 2.21 bits per heavy atom. The van der Waals surface area contributed by atoms with E-state index in [2.05, 4.69) is 40.7 Å². The zero-order chi connectivity index (χ0) is 34.5. The number of hydrogen-bond acceptors (Lipinski definition) is 9. The second kappa shape index (κ2) is 11.5. The molecule has 47 heavy (non-hydrogen) atoms. The highest BCUT2D eigenvalue weighted by atomic mass is 16.7. The quantitative estimate of drug-likeness (QED) is 0.164.